The molecule has 0 radical (unpaired) electrons. The van der Waals surface area contributed by atoms with Crippen LogP contribution < -0.4 is 0 Å². The van der Waals surface area contributed by atoms with Crippen LogP contribution in [0, 0.1) is 5.82 Å². The van der Waals surface area contributed by atoms with E-state index in [2.05, 4.69) is 0 Å². The molecule has 1 aliphatic rings. The van der Waals surface area contributed by atoms with Crippen molar-refractivity contribution in [3.05, 3.63) is 35.6 Å². The number of piperazine rings is 1. The maximum Gasteiger partial charge on any atom is 0.281 e. The standard InChI is InChI=1S/C13H20FN3O2S/c1-15(2)20(18,19)17-9-8-16(3)13(10-17)11-6-4-5-7-12(11)14/h4-7,13H,8-10H2,1-3H3. The fourth-order valence-corrected chi connectivity index (χ4v) is 3.47. The van der Waals surface area contributed by atoms with Crippen LogP contribution in [0.3, 0.4) is 0 Å². The predicted molar refractivity (Wildman–Crippen MR) is 76.0 cm³/mol. The molecule has 112 valence electrons. The van der Waals surface area contributed by atoms with E-state index >= 15 is 0 Å². The van der Waals surface area contributed by atoms with E-state index in [-0.39, 0.29) is 18.4 Å². The zero-order valence-corrected chi connectivity index (χ0v) is 12.8. The Labute approximate surface area is 119 Å². The second kappa shape index (κ2) is 5.77. The van der Waals surface area contributed by atoms with E-state index in [1.807, 2.05) is 11.9 Å². The van der Waals surface area contributed by atoms with Gasteiger partial charge in [0.25, 0.3) is 10.2 Å². The monoisotopic (exact) mass is 301 g/mol. The maximum atomic E-state index is 13.9. The van der Waals surface area contributed by atoms with Gasteiger partial charge in [0.15, 0.2) is 0 Å². The number of likely N-dealkylation sites (N-methyl/N-ethyl adjacent to an activating group) is 1. The fraction of sp³-hybridized carbons (Fsp3) is 0.538. The molecule has 0 bridgehead atoms. The smallest absolute Gasteiger partial charge is 0.281 e. The summed E-state index contributed by atoms with van der Waals surface area (Å²) >= 11 is 0. The van der Waals surface area contributed by atoms with Crippen molar-refractivity contribution in [2.75, 3.05) is 40.8 Å². The Morgan fingerprint density at radius 2 is 1.90 bits per heavy atom. The van der Waals surface area contributed by atoms with Gasteiger partial charge in [-0.05, 0) is 13.1 Å². The minimum atomic E-state index is -3.46. The maximum absolute atomic E-state index is 13.9. The van der Waals surface area contributed by atoms with Crippen molar-refractivity contribution in [1.82, 2.24) is 13.5 Å². The second-order valence-corrected chi connectivity index (χ2v) is 7.31. The molecule has 20 heavy (non-hydrogen) atoms. The molecule has 1 atom stereocenters. The normalized spacial score (nSPS) is 22.4. The van der Waals surface area contributed by atoms with Gasteiger partial charge in [-0.2, -0.15) is 17.0 Å². The van der Waals surface area contributed by atoms with Crippen molar-refractivity contribution in [3.63, 3.8) is 0 Å². The van der Waals surface area contributed by atoms with E-state index in [4.69, 9.17) is 0 Å². The van der Waals surface area contributed by atoms with Crippen LogP contribution in [-0.4, -0.2) is 62.7 Å². The molecule has 0 aromatic heterocycles. The minimum Gasteiger partial charge on any atom is -0.297 e. The van der Waals surface area contributed by atoms with Gasteiger partial charge in [0, 0.05) is 39.3 Å². The highest BCUT2D eigenvalue weighted by Crippen LogP contribution is 2.27. The Hall–Kier alpha value is -1.02. The van der Waals surface area contributed by atoms with Crippen molar-refractivity contribution in [2.24, 2.45) is 0 Å². The highest BCUT2D eigenvalue weighted by molar-refractivity contribution is 7.86. The molecule has 5 nitrogen and oxygen atoms in total. The number of rotatable bonds is 3. The summed E-state index contributed by atoms with van der Waals surface area (Å²) in [7, 11) is 1.44. The number of hydrogen-bond donors (Lipinski definition) is 0. The van der Waals surface area contributed by atoms with E-state index in [0.717, 1.165) is 0 Å². The molecule has 0 spiro atoms. The van der Waals surface area contributed by atoms with E-state index in [1.54, 1.807) is 18.2 Å². The molecule has 0 aliphatic carbocycles. The molecular weight excluding hydrogens is 281 g/mol. The van der Waals surface area contributed by atoms with E-state index < -0.39 is 10.2 Å². The van der Waals surface area contributed by atoms with Crippen molar-refractivity contribution < 1.29 is 12.8 Å². The molecule has 1 saturated heterocycles. The SMILES string of the molecule is CN1CCN(S(=O)(=O)N(C)C)CC1c1ccccc1F. The molecule has 1 heterocycles. The summed E-state index contributed by atoms with van der Waals surface area (Å²) in [5.74, 6) is -0.298. The van der Waals surface area contributed by atoms with Gasteiger partial charge >= 0.3 is 0 Å². The third kappa shape index (κ3) is 2.85. The first-order chi connectivity index (χ1) is 9.34. The largest absolute Gasteiger partial charge is 0.297 e. The highest BCUT2D eigenvalue weighted by atomic mass is 32.2. The Bertz CT molecular complexity index is 577. The van der Waals surface area contributed by atoms with Crippen molar-refractivity contribution >= 4 is 10.2 Å². The molecule has 1 aromatic rings. The quantitative estimate of drug-likeness (QED) is 0.834. The molecule has 1 unspecified atom stereocenters. The van der Waals surface area contributed by atoms with E-state index in [0.29, 0.717) is 18.7 Å². The first-order valence-electron chi connectivity index (χ1n) is 6.46. The summed E-state index contributed by atoms with van der Waals surface area (Å²) in [6.07, 6.45) is 0. The number of nitrogens with zero attached hydrogens (tertiary/aromatic N) is 3. The summed E-state index contributed by atoms with van der Waals surface area (Å²) in [5, 5.41) is 0. The lowest BCUT2D eigenvalue weighted by Crippen LogP contribution is -2.52. The average molecular weight is 301 g/mol. The Morgan fingerprint density at radius 3 is 2.50 bits per heavy atom. The van der Waals surface area contributed by atoms with E-state index in [9.17, 15) is 12.8 Å². The predicted octanol–water partition coefficient (Wildman–Crippen LogP) is 0.921. The molecule has 0 N–H and O–H groups in total. The fourth-order valence-electron chi connectivity index (χ4n) is 2.37. The zero-order chi connectivity index (χ0) is 14.9. The van der Waals surface area contributed by atoms with Gasteiger partial charge in [-0.25, -0.2) is 4.39 Å². The van der Waals surface area contributed by atoms with Gasteiger partial charge in [-0.15, -0.1) is 0 Å². The summed E-state index contributed by atoms with van der Waals surface area (Å²) < 4.78 is 40.9. The number of halogens is 1. The van der Waals surface area contributed by atoms with Gasteiger partial charge in [-0.3, -0.25) is 4.90 Å². The van der Waals surface area contributed by atoms with Crippen LogP contribution in [0.1, 0.15) is 11.6 Å². The highest BCUT2D eigenvalue weighted by Gasteiger charge is 2.34. The molecule has 0 amide bonds. The van der Waals surface area contributed by atoms with Gasteiger partial charge < -0.3 is 0 Å². The molecule has 1 aromatic carbocycles. The lowest BCUT2D eigenvalue weighted by atomic mass is 10.0. The lowest BCUT2D eigenvalue weighted by Gasteiger charge is -2.39. The molecule has 2 rings (SSSR count). The molecule has 1 fully saturated rings. The second-order valence-electron chi connectivity index (χ2n) is 5.17. The van der Waals surface area contributed by atoms with Crippen LogP contribution in [-0.2, 0) is 10.2 Å². The summed E-state index contributed by atoms with van der Waals surface area (Å²) in [6, 6.07) is 6.26. The van der Waals surface area contributed by atoms with Crippen molar-refractivity contribution in [1.29, 1.82) is 0 Å². The third-order valence-corrected chi connectivity index (χ3v) is 5.57. The first kappa shape index (κ1) is 15.4. The van der Waals surface area contributed by atoms with Gasteiger partial charge in [0.1, 0.15) is 5.82 Å². The Kier molecular flexibility index (Phi) is 4.43. The molecule has 7 heteroatoms. The lowest BCUT2D eigenvalue weighted by molar-refractivity contribution is 0.141. The van der Waals surface area contributed by atoms with Gasteiger partial charge in [0.05, 0.1) is 6.04 Å². The van der Waals surface area contributed by atoms with Gasteiger partial charge in [-0.1, -0.05) is 18.2 Å². The Balaban J connectivity index is 2.29. The number of hydrogen-bond acceptors (Lipinski definition) is 3. The van der Waals surface area contributed by atoms with E-state index in [1.165, 1.54) is 28.8 Å². The van der Waals surface area contributed by atoms with Crippen LogP contribution in [0.4, 0.5) is 4.39 Å². The van der Waals surface area contributed by atoms with Crippen molar-refractivity contribution in [2.45, 2.75) is 6.04 Å². The van der Waals surface area contributed by atoms with Crippen LogP contribution in [0.25, 0.3) is 0 Å². The summed E-state index contributed by atoms with van der Waals surface area (Å²) in [6.45, 7) is 1.26. The molecular formula is C13H20FN3O2S. The first-order valence-corrected chi connectivity index (χ1v) is 7.86. The zero-order valence-electron chi connectivity index (χ0n) is 12.0. The van der Waals surface area contributed by atoms with Crippen LogP contribution in [0.15, 0.2) is 24.3 Å². The minimum absolute atomic E-state index is 0.262. The molecule has 1 aliphatic heterocycles. The van der Waals surface area contributed by atoms with Crippen LogP contribution in [0.5, 0.6) is 0 Å². The Morgan fingerprint density at radius 1 is 1.25 bits per heavy atom. The third-order valence-electron chi connectivity index (χ3n) is 3.66. The van der Waals surface area contributed by atoms with Crippen molar-refractivity contribution in [3.8, 4) is 0 Å². The average Bonchev–Trinajstić information content (AvgIpc) is 2.40. The summed E-state index contributed by atoms with van der Waals surface area (Å²) in [4.78, 5) is 1.99. The topological polar surface area (TPSA) is 43.9 Å². The molecule has 0 saturated carbocycles. The number of benzene rings is 1. The summed E-state index contributed by atoms with van der Waals surface area (Å²) in [5.41, 5.74) is 0.536. The van der Waals surface area contributed by atoms with Crippen LogP contribution >= 0.6 is 0 Å². The van der Waals surface area contributed by atoms with Gasteiger partial charge in [0.2, 0.25) is 0 Å². The van der Waals surface area contributed by atoms with Crippen LogP contribution in [0.2, 0.25) is 0 Å².